The maximum absolute atomic E-state index is 5.82. The molecule has 0 fully saturated rings. The lowest BCUT2D eigenvalue weighted by molar-refractivity contribution is 0.927. The van der Waals surface area contributed by atoms with Gasteiger partial charge in [-0.05, 0) is 28.4 Å². The maximum atomic E-state index is 5.82. The molecular formula is C10H12BrN3S. The van der Waals surface area contributed by atoms with Gasteiger partial charge in [0.2, 0.25) is 0 Å². The average Bonchev–Trinajstić information content (AvgIpc) is 2.76. The van der Waals surface area contributed by atoms with E-state index in [9.17, 15) is 0 Å². The molecule has 80 valence electrons. The molecule has 0 aliphatic rings. The molecule has 0 saturated heterocycles. The SMILES string of the molecule is CCCc1c(N)n[nH]c1-c1csc(Br)c1. The third-order valence-electron chi connectivity index (χ3n) is 2.26. The zero-order valence-electron chi connectivity index (χ0n) is 8.38. The zero-order chi connectivity index (χ0) is 10.8. The summed E-state index contributed by atoms with van der Waals surface area (Å²) in [6.07, 6.45) is 2.03. The molecule has 5 heteroatoms. The summed E-state index contributed by atoms with van der Waals surface area (Å²) < 4.78 is 1.12. The predicted molar refractivity (Wildman–Crippen MR) is 68.0 cm³/mol. The van der Waals surface area contributed by atoms with Crippen LogP contribution in [0.4, 0.5) is 5.82 Å². The van der Waals surface area contributed by atoms with E-state index in [1.807, 2.05) is 0 Å². The number of nitrogen functional groups attached to an aromatic ring is 1. The Kier molecular flexibility index (Phi) is 3.11. The first-order chi connectivity index (χ1) is 7.22. The molecule has 0 spiro atoms. The quantitative estimate of drug-likeness (QED) is 0.908. The molecule has 0 amide bonds. The number of nitrogens with two attached hydrogens (primary N) is 1. The molecule has 2 rings (SSSR count). The molecule has 0 aliphatic heterocycles. The third-order valence-corrected chi connectivity index (χ3v) is 3.76. The summed E-state index contributed by atoms with van der Waals surface area (Å²) in [6.45, 7) is 2.14. The largest absolute Gasteiger partial charge is 0.382 e. The van der Waals surface area contributed by atoms with E-state index in [4.69, 9.17) is 5.73 Å². The fourth-order valence-corrected chi connectivity index (χ4v) is 2.71. The Morgan fingerprint density at radius 2 is 2.40 bits per heavy atom. The number of aromatic amines is 1. The first kappa shape index (κ1) is 10.7. The van der Waals surface area contributed by atoms with Gasteiger partial charge < -0.3 is 5.73 Å². The number of nitrogens with zero attached hydrogens (tertiary/aromatic N) is 1. The molecule has 0 aliphatic carbocycles. The van der Waals surface area contributed by atoms with Gasteiger partial charge in [-0.15, -0.1) is 11.3 Å². The summed E-state index contributed by atoms with van der Waals surface area (Å²) in [5.41, 5.74) is 9.15. The summed E-state index contributed by atoms with van der Waals surface area (Å²) in [6, 6.07) is 2.08. The molecule has 3 N–H and O–H groups in total. The lowest BCUT2D eigenvalue weighted by Crippen LogP contribution is -1.92. The summed E-state index contributed by atoms with van der Waals surface area (Å²) in [7, 11) is 0. The van der Waals surface area contributed by atoms with E-state index in [-0.39, 0.29) is 0 Å². The van der Waals surface area contributed by atoms with E-state index in [2.05, 4.69) is 44.5 Å². The van der Waals surface area contributed by atoms with Crippen LogP contribution in [0.15, 0.2) is 15.2 Å². The molecule has 0 atom stereocenters. The fourth-order valence-electron chi connectivity index (χ4n) is 1.56. The Labute approximate surface area is 101 Å². The van der Waals surface area contributed by atoms with Crippen LogP contribution in [-0.4, -0.2) is 10.2 Å². The second-order valence-electron chi connectivity index (χ2n) is 3.35. The molecule has 0 aromatic carbocycles. The fraction of sp³-hybridized carbons (Fsp3) is 0.300. The van der Waals surface area contributed by atoms with Crippen LogP contribution in [0.25, 0.3) is 11.3 Å². The highest BCUT2D eigenvalue weighted by Crippen LogP contribution is 2.32. The van der Waals surface area contributed by atoms with E-state index in [1.54, 1.807) is 11.3 Å². The second-order valence-corrected chi connectivity index (χ2v) is 5.64. The minimum Gasteiger partial charge on any atom is -0.382 e. The number of hydrogen-bond donors (Lipinski definition) is 2. The molecular weight excluding hydrogens is 274 g/mol. The van der Waals surface area contributed by atoms with Gasteiger partial charge in [0.05, 0.1) is 9.48 Å². The van der Waals surface area contributed by atoms with Crippen LogP contribution in [0, 0.1) is 0 Å². The maximum Gasteiger partial charge on any atom is 0.149 e. The molecule has 0 bridgehead atoms. The number of anilines is 1. The standard InChI is InChI=1S/C10H12BrN3S/c1-2-3-7-9(13-14-10(7)12)6-4-8(11)15-5-6/h4-5H,2-3H2,1H3,(H3,12,13,14). The lowest BCUT2D eigenvalue weighted by Gasteiger charge is -1.99. The van der Waals surface area contributed by atoms with Crippen molar-refractivity contribution >= 4 is 33.1 Å². The Hall–Kier alpha value is -0.810. The van der Waals surface area contributed by atoms with Crippen molar-refractivity contribution in [3.05, 3.63) is 20.8 Å². The van der Waals surface area contributed by atoms with Crippen molar-refractivity contribution < 1.29 is 0 Å². The number of aromatic nitrogens is 2. The highest BCUT2D eigenvalue weighted by atomic mass is 79.9. The van der Waals surface area contributed by atoms with Gasteiger partial charge in [0.1, 0.15) is 5.82 Å². The number of nitrogens with one attached hydrogen (secondary N) is 1. The smallest absolute Gasteiger partial charge is 0.149 e. The minimum atomic E-state index is 0.620. The summed E-state index contributed by atoms with van der Waals surface area (Å²) in [5.74, 6) is 0.620. The monoisotopic (exact) mass is 285 g/mol. The number of H-pyrrole nitrogens is 1. The highest BCUT2D eigenvalue weighted by molar-refractivity contribution is 9.11. The van der Waals surface area contributed by atoms with Crippen molar-refractivity contribution in [1.82, 2.24) is 10.2 Å². The number of rotatable bonds is 3. The van der Waals surface area contributed by atoms with Gasteiger partial charge in [0.25, 0.3) is 0 Å². The van der Waals surface area contributed by atoms with E-state index in [0.29, 0.717) is 5.82 Å². The van der Waals surface area contributed by atoms with Gasteiger partial charge in [-0.3, -0.25) is 5.10 Å². The summed E-state index contributed by atoms with van der Waals surface area (Å²) in [4.78, 5) is 0. The van der Waals surface area contributed by atoms with Crippen LogP contribution in [0.2, 0.25) is 0 Å². The van der Waals surface area contributed by atoms with Crippen LogP contribution in [0.1, 0.15) is 18.9 Å². The highest BCUT2D eigenvalue weighted by Gasteiger charge is 2.12. The van der Waals surface area contributed by atoms with Crippen LogP contribution in [0.5, 0.6) is 0 Å². The zero-order valence-corrected chi connectivity index (χ0v) is 10.8. The average molecular weight is 286 g/mol. The van der Waals surface area contributed by atoms with Crippen molar-refractivity contribution in [2.45, 2.75) is 19.8 Å². The Morgan fingerprint density at radius 3 is 3.00 bits per heavy atom. The molecule has 0 unspecified atom stereocenters. The van der Waals surface area contributed by atoms with Gasteiger partial charge in [-0.1, -0.05) is 13.3 Å². The number of thiophene rings is 1. The van der Waals surface area contributed by atoms with Crippen molar-refractivity contribution in [2.24, 2.45) is 0 Å². The minimum absolute atomic E-state index is 0.620. The van der Waals surface area contributed by atoms with Crippen molar-refractivity contribution in [3.63, 3.8) is 0 Å². The van der Waals surface area contributed by atoms with Crippen molar-refractivity contribution in [3.8, 4) is 11.3 Å². The number of hydrogen-bond acceptors (Lipinski definition) is 3. The van der Waals surface area contributed by atoms with Crippen LogP contribution in [-0.2, 0) is 6.42 Å². The molecule has 2 aromatic heterocycles. The third kappa shape index (κ3) is 2.08. The molecule has 0 radical (unpaired) electrons. The Balaban J connectivity index is 2.43. The van der Waals surface area contributed by atoms with Crippen LogP contribution >= 0.6 is 27.3 Å². The molecule has 0 saturated carbocycles. The van der Waals surface area contributed by atoms with E-state index >= 15 is 0 Å². The van der Waals surface area contributed by atoms with Crippen LogP contribution in [0.3, 0.4) is 0 Å². The van der Waals surface area contributed by atoms with Gasteiger partial charge in [0, 0.05) is 16.5 Å². The molecule has 2 heterocycles. The van der Waals surface area contributed by atoms with E-state index in [1.165, 1.54) is 0 Å². The van der Waals surface area contributed by atoms with E-state index in [0.717, 1.165) is 33.4 Å². The summed E-state index contributed by atoms with van der Waals surface area (Å²) >= 11 is 5.12. The van der Waals surface area contributed by atoms with Gasteiger partial charge >= 0.3 is 0 Å². The van der Waals surface area contributed by atoms with Gasteiger partial charge in [0.15, 0.2) is 0 Å². The first-order valence-corrected chi connectivity index (χ1v) is 6.46. The van der Waals surface area contributed by atoms with Crippen molar-refractivity contribution in [2.75, 3.05) is 5.73 Å². The first-order valence-electron chi connectivity index (χ1n) is 4.79. The van der Waals surface area contributed by atoms with Gasteiger partial charge in [-0.2, -0.15) is 5.10 Å². The molecule has 15 heavy (non-hydrogen) atoms. The predicted octanol–water partition coefficient (Wildman–Crippen LogP) is 3.44. The molecule has 3 nitrogen and oxygen atoms in total. The second kappa shape index (κ2) is 4.37. The van der Waals surface area contributed by atoms with Gasteiger partial charge in [-0.25, -0.2) is 0 Å². The normalized spacial score (nSPS) is 10.8. The lowest BCUT2D eigenvalue weighted by atomic mass is 10.1. The Bertz CT molecular complexity index is 461. The van der Waals surface area contributed by atoms with Crippen molar-refractivity contribution in [1.29, 1.82) is 0 Å². The topological polar surface area (TPSA) is 54.7 Å². The summed E-state index contributed by atoms with van der Waals surface area (Å²) in [5, 5.41) is 9.16. The van der Waals surface area contributed by atoms with E-state index < -0.39 is 0 Å². The Morgan fingerprint density at radius 1 is 1.60 bits per heavy atom. The molecule has 2 aromatic rings. The number of halogens is 1. The van der Waals surface area contributed by atoms with Crippen LogP contribution < -0.4 is 5.73 Å².